The van der Waals surface area contributed by atoms with Gasteiger partial charge in [-0.15, -0.1) is 0 Å². The number of nitrogens with one attached hydrogen (secondary N) is 2. The minimum Gasteiger partial charge on any atom is -0.381 e. The van der Waals surface area contributed by atoms with Crippen molar-refractivity contribution in [3.05, 3.63) is 22.8 Å². The standard InChI is InChI=1S/C15H22ClN3O2/c1-2-7-17-13-4-3-12(16)14(19-13)15(20)18-8-5-11-6-9-21-10-11/h3-4,11H,2,5-10H2,1H3,(H,17,19)(H,18,20). The Bertz CT molecular complexity index is 476. The van der Waals surface area contributed by atoms with Gasteiger partial charge in [-0.2, -0.15) is 0 Å². The molecule has 2 heterocycles. The Kier molecular flexibility index (Phi) is 6.26. The number of pyridine rings is 1. The highest BCUT2D eigenvalue weighted by Crippen LogP contribution is 2.18. The average Bonchev–Trinajstić information content (AvgIpc) is 2.99. The summed E-state index contributed by atoms with van der Waals surface area (Å²) in [6.07, 6.45) is 3.00. The van der Waals surface area contributed by atoms with Crippen LogP contribution in [0.5, 0.6) is 0 Å². The molecule has 21 heavy (non-hydrogen) atoms. The minimum absolute atomic E-state index is 0.223. The van der Waals surface area contributed by atoms with E-state index in [2.05, 4.69) is 22.5 Å². The molecule has 1 unspecified atom stereocenters. The van der Waals surface area contributed by atoms with Crippen LogP contribution >= 0.6 is 11.6 Å². The molecule has 116 valence electrons. The van der Waals surface area contributed by atoms with Gasteiger partial charge >= 0.3 is 0 Å². The first-order chi connectivity index (χ1) is 10.2. The van der Waals surface area contributed by atoms with Crippen molar-refractivity contribution in [1.29, 1.82) is 0 Å². The van der Waals surface area contributed by atoms with Crippen LogP contribution < -0.4 is 10.6 Å². The number of ether oxygens (including phenoxy) is 1. The molecule has 1 saturated heterocycles. The van der Waals surface area contributed by atoms with E-state index in [9.17, 15) is 4.79 Å². The van der Waals surface area contributed by atoms with Gasteiger partial charge in [-0.05, 0) is 37.3 Å². The van der Waals surface area contributed by atoms with Crippen molar-refractivity contribution in [2.75, 3.05) is 31.6 Å². The number of nitrogens with zero attached hydrogens (tertiary/aromatic N) is 1. The Morgan fingerprint density at radius 1 is 1.48 bits per heavy atom. The minimum atomic E-state index is -0.223. The molecule has 1 aromatic heterocycles. The average molecular weight is 312 g/mol. The summed E-state index contributed by atoms with van der Waals surface area (Å²) in [4.78, 5) is 16.4. The fourth-order valence-electron chi connectivity index (χ4n) is 2.24. The zero-order valence-electron chi connectivity index (χ0n) is 12.3. The lowest BCUT2D eigenvalue weighted by atomic mass is 10.1. The Morgan fingerprint density at radius 2 is 2.33 bits per heavy atom. The highest BCUT2D eigenvalue weighted by atomic mass is 35.5. The predicted molar refractivity (Wildman–Crippen MR) is 83.9 cm³/mol. The van der Waals surface area contributed by atoms with Crippen LogP contribution in [0, 0.1) is 5.92 Å². The van der Waals surface area contributed by atoms with Gasteiger partial charge in [-0.1, -0.05) is 18.5 Å². The maximum absolute atomic E-state index is 12.1. The molecule has 0 aliphatic carbocycles. The van der Waals surface area contributed by atoms with E-state index in [1.165, 1.54) is 0 Å². The van der Waals surface area contributed by atoms with Crippen LogP contribution in [-0.2, 0) is 4.74 Å². The topological polar surface area (TPSA) is 63.2 Å². The lowest BCUT2D eigenvalue weighted by Crippen LogP contribution is -2.27. The smallest absolute Gasteiger partial charge is 0.271 e. The molecule has 0 saturated carbocycles. The molecule has 1 atom stereocenters. The van der Waals surface area contributed by atoms with E-state index in [0.717, 1.165) is 39.0 Å². The molecule has 1 aliphatic heterocycles. The molecule has 5 nitrogen and oxygen atoms in total. The predicted octanol–water partition coefficient (Wildman–Crippen LogP) is 2.71. The molecule has 1 fully saturated rings. The van der Waals surface area contributed by atoms with Crippen LogP contribution in [0.2, 0.25) is 5.02 Å². The van der Waals surface area contributed by atoms with Gasteiger partial charge in [0.15, 0.2) is 0 Å². The molecule has 0 bridgehead atoms. The third-order valence-electron chi connectivity index (χ3n) is 3.48. The summed E-state index contributed by atoms with van der Waals surface area (Å²) in [7, 11) is 0. The second-order valence-electron chi connectivity index (χ2n) is 5.23. The third kappa shape index (κ3) is 4.86. The van der Waals surface area contributed by atoms with E-state index in [1.807, 2.05) is 0 Å². The van der Waals surface area contributed by atoms with Gasteiger partial charge in [0.2, 0.25) is 0 Å². The van der Waals surface area contributed by atoms with Crippen LogP contribution in [0.15, 0.2) is 12.1 Å². The van der Waals surface area contributed by atoms with Crippen LogP contribution in [0.1, 0.15) is 36.7 Å². The maximum atomic E-state index is 12.1. The van der Waals surface area contributed by atoms with E-state index in [1.54, 1.807) is 12.1 Å². The van der Waals surface area contributed by atoms with Crippen molar-refractivity contribution in [3.63, 3.8) is 0 Å². The number of carbonyl (C=O) groups is 1. The first kappa shape index (κ1) is 16.0. The van der Waals surface area contributed by atoms with Crippen molar-refractivity contribution >= 4 is 23.3 Å². The van der Waals surface area contributed by atoms with Crippen molar-refractivity contribution < 1.29 is 9.53 Å². The van der Waals surface area contributed by atoms with Gasteiger partial charge < -0.3 is 15.4 Å². The summed E-state index contributed by atoms with van der Waals surface area (Å²) >= 11 is 6.06. The molecule has 0 spiro atoms. The van der Waals surface area contributed by atoms with Gasteiger partial charge in [0, 0.05) is 26.3 Å². The van der Waals surface area contributed by atoms with Gasteiger partial charge in [0.05, 0.1) is 5.02 Å². The number of amides is 1. The fourth-order valence-corrected chi connectivity index (χ4v) is 2.43. The van der Waals surface area contributed by atoms with Crippen LogP contribution in [0.25, 0.3) is 0 Å². The van der Waals surface area contributed by atoms with Gasteiger partial charge in [0.1, 0.15) is 11.5 Å². The number of anilines is 1. The highest BCUT2D eigenvalue weighted by molar-refractivity contribution is 6.33. The van der Waals surface area contributed by atoms with Crippen LogP contribution in [-0.4, -0.2) is 37.2 Å². The van der Waals surface area contributed by atoms with E-state index in [-0.39, 0.29) is 11.6 Å². The lowest BCUT2D eigenvalue weighted by Gasteiger charge is -2.10. The number of hydrogen-bond donors (Lipinski definition) is 2. The summed E-state index contributed by atoms with van der Waals surface area (Å²) < 4.78 is 5.32. The quantitative estimate of drug-likeness (QED) is 0.812. The van der Waals surface area contributed by atoms with Crippen LogP contribution in [0.4, 0.5) is 5.82 Å². The van der Waals surface area contributed by atoms with E-state index in [4.69, 9.17) is 16.3 Å². The van der Waals surface area contributed by atoms with Crippen molar-refractivity contribution in [2.45, 2.75) is 26.2 Å². The molecule has 6 heteroatoms. The third-order valence-corrected chi connectivity index (χ3v) is 3.78. The molecule has 0 aromatic carbocycles. The summed E-state index contributed by atoms with van der Waals surface area (Å²) in [6, 6.07) is 3.48. The molecular weight excluding hydrogens is 290 g/mol. The van der Waals surface area contributed by atoms with Crippen LogP contribution in [0.3, 0.4) is 0 Å². The zero-order chi connectivity index (χ0) is 15.1. The summed E-state index contributed by atoms with van der Waals surface area (Å²) in [5, 5.41) is 6.41. The Hall–Kier alpha value is -1.33. The molecule has 2 N–H and O–H groups in total. The molecule has 1 aromatic rings. The molecule has 1 aliphatic rings. The second-order valence-corrected chi connectivity index (χ2v) is 5.64. The number of hydrogen-bond acceptors (Lipinski definition) is 4. The Labute approximate surface area is 130 Å². The first-order valence-electron chi connectivity index (χ1n) is 7.47. The van der Waals surface area contributed by atoms with Gasteiger partial charge in [-0.25, -0.2) is 4.98 Å². The second kappa shape index (κ2) is 8.20. The molecule has 0 radical (unpaired) electrons. The lowest BCUT2D eigenvalue weighted by molar-refractivity contribution is 0.0945. The maximum Gasteiger partial charge on any atom is 0.271 e. The fraction of sp³-hybridized carbons (Fsp3) is 0.600. The van der Waals surface area contributed by atoms with E-state index < -0.39 is 0 Å². The normalized spacial score (nSPS) is 17.7. The Balaban J connectivity index is 1.87. The highest BCUT2D eigenvalue weighted by Gasteiger charge is 2.17. The zero-order valence-corrected chi connectivity index (χ0v) is 13.1. The largest absolute Gasteiger partial charge is 0.381 e. The molecular formula is C15H22ClN3O2. The summed E-state index contributed by atoms with van der Waals surface area (Å²) in [6.45, 7) is 5.14. The van der Waals surface area contributed by atoms with Crippen molar-refractivity contribution in [3.8, 4) is 0 Å². The number of aromatic nitrogens is 1. The van der Waals surface area contributed by atoms with Crippen molar-refractivity contribution in [2.24, 2.45) is 5.92 Å². The summed E-state index contributed by atoms with van der Waals surface area (Å²) in [5.74, 6) is 1.00. The monoisotopic (exact) mass is 311 g/mol. The number of halogens is 1. The van der Waals surface area contributed by atoms with Crippen molar-refractivity contribution in [1.82, 2.24) is 10.3 Å². The number of carbonyl (C=O) groups excluding carboxylic acids is 1. The van der Waals surface area contributed by atoms with E-state index in [0.29, 0.717) is 23.3 Å². The number of rotatable bonds is 7. The van der Waals surface area contributed by atoms with E-state index >= 15 is 0 Å². The SMILES string of the molecule is CCCNc1ccc(Cl)c(C(=O)NCCC2CCOC2)n1. The Morgan fingerprint density at radius 3 is 3.05 bits per heavy atom. The molecule has 1 amide bonds. The van der Waals surface area contributed by atoms with Gasteiger partial charge in [0.25, 0.3) is 5.91 Å². The molecule has 2 rings (SSSR count). The van der Waals surface area contributed by atoms with Gasteiger partial charge in [-0.3, -0.25) is 4.79 Å². The first-order valence-corrected chi connectivity index (χ1v) is 7.85. The summed E-state index contributed by atoms with van der Waals surface area (Å²) in [5.41, 5.74) is 0.278.